The SMILES string of the molecule is Cn1ncc2c(=O)n(CC(=O)Nc3cc(Cl)c(Cl)cc3Cl)cnc21. The molecular weight excluding hydrogens is 377 g/mol. The molecule has 10 heteroatoms. The Morgan fingerprint density at radius 1 is 1.21 bits per heavy atom. The lowest BCUT2D eigenvalue weighted by Gasteiger charge is -2.10. The number of hydrogen-bond donors (Lipinski definition) is 1. The Hall–Kier alpha value is -2.09. The second kappa shape index (κ2) is 6.43. The highest BCUT2D eigenvalue weighted by molar-refractivity contribution is 6.44. The van der Waals surface area contributed by atoms with Crippen molar-refractivity contribution in [3.8, 4) is 0 Å². The topological polar surface area (TPSA) is 81.8 Å². The molecule has 24 heavy (non-hydrogen) atoms. The molecule has 7 nitrogen and oxygen atoms in total. The molecule has 0 saturated carbocycles. The van der Waals surface area contributed by atoms with E-state index in [2.05, 4.69) is 15.4 Å². The van der Waals surface area contributed by atoms with E-state index in [0.29, 0.717) is 16.7 Å². The lowest BCUT2D eigenvalue weighted by molar-refractivity contribution is -0.116. The Kier molecular flexibility index (Phi) is 4.49. The molecule has 0 aliphatic rings. The van der Waals surface area contributed by atoms with E-state index < -0.39 is 5.91 Å². The number of aromatic nitrogens is 4. The van der Waals surface area contributed by atoms with Gasteiger partial charge in [0.2, 0.25) is 5.91 Å². The van der Waals surface area contributed by atoms with Crippen molar-refractivity contribution in [1.82, 2.24) is 19.3 Å². The number of aryl methyl sites for hydroxylation is 1. The van der Waals surface area contributed by atoms with Crippen LogP contribution in [0, 0.1) is 0 Å². The normalized spacial score (nSPS) is 11.0. The minimum Gasteiger partial charge on any atom is -0.323 e. The van der Waals surface area contributed by atoms with Gasteiger partial charge < -0.3 is 5.32 Å². The van der Waals surface area contributed by atoms with Crippen LogP contribution in [-0.2, 0) is 18.4 Å². The molecule has 0 bridgehead atoms. The summed E-state index contributed by atoms with van der Waals surface area (Å²) in [5, 5.41) is 7.67. The molecule has 2 heterocycles. The zero-order chi connectivity index (χ0) is 17.4. The van der Waals surface area contributed by atoms with Crippen LogP contribution in [0.1, 0.15) is 0 Å². The van der Waals surface area contributed by atoms with Gasteiger partial charge in [-0.25, -0.2) is 4.98 Å². The van der Waals surface area contributed by atoms with Gasteiger partial charge in [0.1, 0.15) is 18.3 Å². The third-order valence-electron chi connectivity index (χ3n) is 3.32. The van der Waals surface area contributed by atoms with E-state index in [4.69, 9.17) is 34.8 Å². The summed E-state index contributed by atoms with van der Waals surface area (Å²) >= 11 is 17.8. The van der Waals surface area contributed by atoms with Crippen LogP contribution < -0.4 is 10.9 Å². The fourth-order valence-corrected chi connectivity index (χ4v) is 2.74. The van der Waals surface area contributed by atoms with Crippen LogP contribution in [-0.4, -0.2) is 25.2 Å². The second-order valence-corrected chi connectivity index (χ2v) is 6.20. The maximum Gasteiger partial charge on any atom is 0.264 e. The van der Waals surface area contributed by atoms with Crippen molar-refractivity contribution in [2.45, 2.75) is 6.54 Å². The number of benzene rings is 1. The van der Waals surface area contributed by atoms with Gasteiger partial charge in [0.25, 0.3) is 5.56 Å². The predicted octanol–water partition coefficient (Wildman–Crippen LogP) is 2.73. The quantitative estimate of drug-likeness (QED) is 0.702. The number of rotatable bonds is 3. The largest absolute Gasteiger partial charge is 0.323 e. The van der Waals surface area contributed by atoms with Gasteiger partial charge in [0.15, 0.2) is 5.65 Å². The molecule has 0 fully saturated rings. The van der Waals surface area contributed by atoms with Crippen LogP contribution in [0.15, 0.2) is 29.5 Å². The summed E-state index contributed by atoms with van der Waals surface area (Å²) in [7, 11) is 1.68. The van der Waals surface area contributed by atoms with E-state index in [-0.39, 0.29) is 27.2 Å². The number of carbonyl (C=O) groups excluding carboxylic acids is 1. The zero-order valence-electron chi connectivity index (χ0n) is 12.3. The number of nitrogens with one attached hydrogen (secondary N) is 1. The molecule has 3 rings (SSSR count). The van der Waals surface area contributed by atoms with Gasteiger partial charge in [-0.15, -0.1) is 0 Å². The van der Waals surface area contributed by atoms with E-state index in [9.17, 15) is 9.59 Å². The summed E-state index contributed by atoms with van der Waals surface area (Å²) in [6.45, 7) is -0.229. The monoisotopic (exact) mass is 385 g/mol. The number of hydrogen-bond acceptors (Lipinski definition) is 4. The summed E-state index contributed by atoms with van der Waals surface area (Å²) < 4.78 is 2.67. The highest BCUT2D eigenvalue weighted by atomic mass is 35.5. The average molecular weight is 387 g/mol. The lowest BCUT2D eigenvalue weighted by atomic mass is 10.3. The second-order valence-electron chi connectivity index (χ2n) is 4.98. The van der Waals surface area contributed by atoms with Crippen LogP contribution in [0.4, 0.5) is 5.69 Å². The molecule has 0 aliphatic carbocycles. The van der Waals surface area contributed by atoms with E-state index in [1.807, 2.05) is 0 Å². The van der Waals surface area contributed by atoms with Crippen LogP contribution in [0.5, 0.6) is 0 Å². The number of nitrogens with zero attached hydrogens (tertiary/aromatic N) is 4. The Morgan fingerprint density at radius 2 is 1.92 bits per heavy atom. The van der Waals surface area contributed by atoms with Crippen molar-refractivity contribution in [3.63, 3.8) is 0 Å². The zero-order valence-corrected chi connectivity index (χ0v) is 14.5. The van der Waals surface area contributed by atoms with Crippen molar-refractivity contribution in [1.29, 1.82) is 0 Å². The average Bonchev–Trinajstić information content (AvgIpc) is 2.90. The van der Waals surface area contributed by atoms with Crippen LogP contribution >= 0.6 is 34.8 Å². The molecule has 0 spiro atoms. The lowest BCUT2D eigenvalue weighted by Crippen LogP contribution is -2.27. The van der Waals surface area contributed by atoms with Gasteiger partial charge in [-0.2, -0.15) is 5.10 Å². The Labute approximate surface area is 150 Å². The van der Waals surface area contributed by atoms with Gasteiger partial charge in [-0.3, -0.25) is 18.8 Å². The number of fused-ring (bicyclic) bond motifs is 1. The molecule has 1 amide bonds. The maximum atomic E-state index is 12.3. The minimum atomic E-state index is -0.456. The van der Waals surface area contributed by atoms with Gasteiger partial charge >= 0.3 is 0 Å². The van der Waals surface area contributed by atoms with Crippen LogP contribution in [0.3, 0.4) is 0 Å². The summed E-state index contributed by atoms with van der Waals surface area (Å²) in [6.07, 6.45) is 2.71. The van der Waals surface area contributed by atoms with E-state index >= 15 is 0 Å². The molecule has 124 valence electrons. The van der Waals surface area contributed by atoms with Crippen molar-refractivity contribution in [3.05, 3.63) is 50.1 Å². The Morgan fingerprint density at radius 3 is 2.67 bits per heavy atom. The fourth-order valence-electron chi connectivity index (χ4n) is 2.14. The van der Waals surface area contributed by atoms with E-state index in [0.717, 1.165) is 0 Å². The fraction of sp³-hybridized carbons (Fsp3) is 0.143. The molecule has 0 radical (unpaired) electrons. The molecule has 0 saturated heterocycles. The number of amides is 1. The Bertz CT molecular complexity index is 1010. The number of anilines is 1. The van der Waals surface area contributed by atoms with Crippen molar-refractivity contribution in [2.24, 2.45) is 7.05 Å². The van der Waals surface area contributed by atoms with Crippen LogP contribution in [0.2, 0.25) is 15.1 Å². The summed E-state index contributed by atoms with van der Waals surface area (Å²) in [5.74, 6) is -0.456. The molecule has 0 aliphatic heterocycles. The van der Waals surface area contributed by atoms with Crippen molar-refractivity contribution >= 4 is 57.4 Å². The molecule has 0 unspecified atom stereocenters. The molecule has 1 N–H and O–H groups in total. The number of halogens is 3. The van der Waals surface area contributed by atoms with Crippen molar-refractivity contribution < 1.29 is 4.79 Å². The number of carbonyl (C=O) groups is 1. The third-order valence-corrected chi connectivity index (χ3v) is 4.35. The first kappa shape index (κ1) is 16.8. The summed E-state index contributed by atoms with van der Waals surface area (Å²) in [4.78, 5) is 28.6. The van der Waals surface area contributed by atoms with E-state index in [1.165, 1.54) is 33.9 Å². The van der Waals surface area contributed by atoms with Crippen LogP contribution in [0.25, 0.3) is 11.0 Å². The standard InChI is InChI=1S/C14H10Cl3N5O2/c1-21-13-7(4-19-21)14(24)22(6-18-13)5-12(23)20-11-3-9(16)8(15)2-10(11)17/h2-4,6H,5H2,1H3,(H,20,23). The van der Waals surface area contributed by atoms with Gasteiger partial charge in [-0.1, -0.05) is 34.8 Å². The smallest absolute Gasteiger partial charge is 0.264 e. The maximum absolute atomic E-state index is 12.3. The predicted molar refractivity (Wildman–Crippen MR) is 92.9 cm³/mol. The van der Waals surface area contributed by atoms with E-state index in [1.54, 1.807) is 7.05 Å². The summed E-state index contributed by atoms with van der Waals surface area (Å²) in [5.41, 5.74) is 0.396. The first-order valence-electron chi connectivity index (χ1n) is 6.68. The molecular formula is C14H10Cl3N5O2. The molecule has 1 aromatic carbocycles. The highest BCUT2D eigenvalue weighted by Crippen LogP contribution is 2.32. The van der Waals surface area contributed by atoms with Gasteiger partial charge in [0, 0.05) is 7.05 Å². The molecule has 3 aromatic rings. The van der Waals surface area contributed by atoms with Crippen molar-refractivity contribution in [2.75, 3.05) is 5.32 Å². The highest BCUT2D eigenvalue weighted by Gasteiger charge is 2.13. The third kappa shape index (κ3) is 3.10. The first-order chi connectivity index (χ1) is 11.4. The minimum absolute atomic E-state index is 0.229. The molecule has 0 atom stereocenters. The Balaban J connectivity index is 1.84. The van der Waals surface area contributed by atoms with Gasteiger partial charge in [-0.05, 0) is 12.1 Å². The summed E-state index contributed by atoms with van der Waals surface area (Å²) in [6, 6.07) is 2.87. The molecule has 2 aromatic heterocycles. The van der Waals surface area contributed by atoms with Gasteiger partial charge in [0.05, 0.1) is 27.0 Å². The first-order valence-corrected chi connectivity index (χ1v) is 7.81.